The molecule has 29 heavy (non-hydrogen) atoms. The highest BCUT2D eigenvalue weighted by Gasteiger charge is 2.24. The summed E-state index contributed by atoms with van der Waals surface area (Å²) in [5.74, 6) is -7.05. The van der Waals surface area contributed by atoms with Crippen molar-refractivity contribution >= 4 is 18.0 Å². The summed E-state index contributed by atoms with van der Waals surface area (Å²) in [6.07, 6.45) is 1.66. The van der Waals surface area contributed by atoms with Crippen molar-refractivity contribution in [3.05, 3.63) is 63.2 Å². The van der Waals surface area contributed by atoms with Crippen molar-refractivity contribution < 1.29 is 27.1 Å². The van der Waals surface area contributed by atoms with E-state index in [0.29, 0.717) is 16.8 Å². The van der Waals surface area contributed by atoms with E-state index in [2.05, 4.69) is 4.99 Å². The van der Waals surface area contributed by atoms with Crippen LogP contribution in [-0.2, 0) is 11.3 Å². The highest BCUT2D eigenvalue weighted by atomic mass is 19.2. The first-order valence-corrected chi connectivity index (χ1v) is 8.92. The van der Waals surface area contributed by atoms with E-state index in [4.69, 9.17) is 4.74 Å². The normalized spacial score (nSPS) is 11.2. The molecule has 0 N–H and O–H groups in total. The van der Waals surface area contributed by atoms with Gasteiger partial charge in [0.2, 0.25) is 0 Å². The van der Waals surface area contributed by atoms with Gasteiger partial charge in [0.15, 0.2) is 23.3 Å². The largest absolute Gasteiger partial charge is 0.457 e. The first-order chi connectivity index (χ1) is 13.6. The lowest BCUT2D eigenvalue weighted by Gasteiger charge is -2.13. The highest BCUT2D eigenvalue weighted by Crippen LogP contribution is 2.26. The van der Waals surface area contributed by atoms with E-state index in [-0.39, 0.29) is 5.56 Å². The van der Waals surface area contributed by atoms with Gasteiger partial charge in [-0.25, -0.2) is 27.3 Å². The Labute approximate surface area is 166 Å². The first-order valence-electron chi connectivity index (χ1n) is 8.92. The molecule has 0 fully saturated rings. The summed E-state index contributed by atoms with van der Waals surface area (Å²) in [6.45, 7) is 6.13. The van der Waals surface area contributed by atoms with Crippen LogP contribution < -0.4 is 0 Å². The van der Waals surface area contributed by atoms with Crippen LogP contribution in [0.2, 0.25) is 0 Å². The van der Waals surface area contributed by atoms with Gasteiger partial charge in [-0.3, -0.25) is 0 Å². The number of carbonyl (C=O) groups is 1. The van der Waals surface area contributed by atoms with Crippen LogP contribution >= 0.6 is 0 Å². The van der Waals surface area contributed by atoms with Crippen LogP contribution in [0.15, 0.2) is 17.1 Å². The van der Waals surface area contributed by atoms with Crippen LogP contribution in [0.5, 0.6) is 0 Å². The first kappa shape index (κ1) is 22.4. The number of aliphatic imine (C=N–C) groups is 1. The fraction of sp³-hybridized carbons (Fsp3) is 0.333. The molecule has 0 amide bonds. The van der Waals surface area contributed by atoms with Crippen molar-refractivity contribution in [2.45, 2.75) is 34.3 Å². The minimum absolute atomic E-state index is 0.166. The van der Waals surface area contributed by atoms with Crippen molar-refractivity contribution in [3.63, 3.8) is 0 Å². The van der Waals surface area contributed by atoms with Gasteiger partial charge in [0.25, 0.3) is 0 Å². The number of benzene rings is 2. The van der Waals surface area contributed by atoms with Crippen LogP contribution in [0.1, 0.15) is 39.5 Å². The lowest BCUT2D eigenvalue weighted by atomic mass is 10.0. The van der Waals surface area contributed by atoms with E-state index in [1.54, 1.807) is 32.3 Å². The van der Waals surface area contributed by atoms with Gasteiger partial charge in [0, 0.05) is 19.2 Å². The molecule has 0 aliphatic heterocycles. The molecule has 2 rings (SSSR count). The van der Waals surface area contributed by atoms with Crippen molar-refractivity contribution in [3.8, 4) is 0 Å². The van der Waals surface area contributed by atoms with Gasteiger partial charge in [-0.2, -0.15) is 0 Å². The second-order valence-electron chi connectivity index (χ2n) is 6.71. The molecule has 0 saturated heterocycles. The van der Waals surface area contributed by atoms with Crippen LogP contribution in [-0.4, -0.2) is 30.8 Å². The topological polar surface area (TPSA) is 41.9 Å². The van der Waals surface area contributed by atoms with Gasteiger partial charge in [-0.05, 0) is 51.0 Å². The molecule has 8 heteroatoms. The molecule has 0 atom stereocenters. The molecule has 0 saturated carbocycles. The maximum Gasteiger partial charge on any atom is 0.338 e. The smallest absolute Gasteiger partial charge is 0.338 e. The Kier molecular flexibility index (Phi) is 7.00. The maximum atomic E-state index is 13.9. The summed E-state index contributed by atoms with van der Waals surface area (Å²) in [4.78, 5) is 18.6. The Bertz CT molecular complexity index is 945. The van der Waals surface area contributed by atoms with E-state index < -0.39 is 47.0 Å². The fourth-order valence-corrected chi connectivity index (χ4v) is 2.53. The highest BCUT2D eigenvalue weighted by molar-refractivity contribution is 5.92. The average molecular weight is 410 g/mol. The SMILES string of the molecule is CCN(C)/C=N/c1cc(C)c(C(=O)OCc2c(F)c(F)c(C)c(F)c2F)cc1C. The van der Waals surface area contributed by atoms with Gasteiger partial charge in [-0.15, -0.1) is 0 Å². The fourth-order valence-electron chi connectivity index (χ4n) is 2.53. The number of ether oxygens (including phenoxy) is 1. The van der Waals surface area contributed by atoms with Crippen molar-refractivity contribution in [1.29, 1.82) is 0 Å². The molecule has 2 aromatic carbocycles. The van der Waals surface area contributed by atoms with Gasteiger partial charge in [-0.1, -0.05) is 0 Å². The Morgan fingerprint density at radius 2 is 1.62 bits per heavy atom. The molecule has 4 nitrogen and oxygen atoms in total. The number of nitrogens with zero attached hydrogens (tertiary/aromatic N) is 2. The van der Waals surface area contributed by atoms with E-state index in [0.717, 1.165) is 13.5 Å². The van der Waals surface area contributed by atoms with E-state index in [1.165, 1.54) is 0 Å². The third-order valence-electron chi connectivity index (χ3n) is 4.58. The average Bonchev–Trinajstić information content (AvgIpc) is 2.70. The van der Waals surface area contributed by atoms with Crippen LogP contribution in [0.3, 0.4) is 0 Å². The zero-order valence-electron chi connectivity index (χ0n) is 16.9. The van der Waals surface area contributed by atoms with Gasteiger partial charge >= 0.3 is 5.97 Å². The van der Waals surface area contributed by atoms with Crippen LogP contribution in [0, 0.1) is 44.0 Å². The zero-order chi connectivity index (χ0) is 21.9. The third-order valence-corrected chi connectivity index (χ3v) is 4.58. The zero-order valence-corrected chi connectivity index (χ0v) is 16.9. The summed E-state index contributed by atoms with van der Waals surface area (Å²) >= 11 is 0. The van der Waals surface area contributed by atoms with Crippen LogP contribution in [0.4, 0.5) is 23.2 Å². The predicted octanol–water partition coefficient (Wildman–Crippen LogP) is 5.14. The monoisotopic (exact) mass is 410 g/mol. The van der Waals surface area contributed by atoms with Crippen LogP contribution in [0.25, 0.3) is 0 Å². The van der Waals surface area contributed by atoms with Crippen molar-refractivity contribution in [2.75, 3.05) is 13.6 Å². The lowest BCUT2D eigenvalue weighted by molar-refractivity contribution is 0.0461. The molecule has 0 radical (unpaired) electrons. The molecular weight excluding hydrogens is 388 g/mol. The standard InChI is InChI=1S/C21H22F4N2O2/c1-6-27(5)10-26-16-8-11(2)14(7-12(16)3)21(28)29-9-15-19(24)17(22)13(4)18(23)20(15)25/h7-8,10H,6,9H2,1-5H3/b26-10+. The minimum Gasteiger partial charge on any atom is -0.457 e. The molecule has 0 aliphatic carbocycles. The second kappa shape index (κ2) is 9.07. The summed E-state index contributed by atoms with van der Waals surface area (Å²) in [6, 6.07) is 3.22. The quantitative estimate of drug-likeness (QED) is 0.218. The molecular formula is C21H22F4N2O2. The number of halogens is 4. The molecule has 0 aromatic heterocycles. The third kappa shape index (κ3) is 4.75. The number of hydrogen-bond acceptors (Lipinski definition) is 3. The molecule has 0 unspecified atom stereocenters. The molecule has 0 aliphatic rings. The van der Waals surface area contributed by atoms with Gasteiger partial charge < -0.3 is 9.64 Å². The number of hydrogen-bond donors (Lipinski definition) is 0. The van der Waals surface area contributed by atoms with Crippen molar-refractivity contribution in [1.82, 2.24) is 4.90 Å². The minimum atomic E-state index is -1.58. The second-order valence-corrected chi connectivity index (χ2v) is 6.71. The number of aryl methyl sites for hydroxylation is 2. The van der Waals surface area contributed by atoms with Crippen molar-refractivity contribution in [2.24, 2.45) is 4.99 Å². The summed E-state index contributed by atoms with van der Waals surface area (Å²) in [5, 5.41) is 0. The summed E-state index contributed by atoms with van der Waals surface area (Å²) < 4.78 is 60.1. The molecule has 156 valence electrons. The van der Waals surface area contributed by atoms with E-state index >= 15 is 0 Å². The Morgan fingerprint density at radius 3 is 2.17 bits per heavy atom. The molecule has 2 aromatic rings. The number of esters is 1. The van der Waals surface area contributed by atoms with Gasteiger partial charge in [0.1, 0.15) is 6.61 Å². The summed E-state index contributed by atoms with van der Waals surface area (Å²) in [7, 11) is 1.87. The molecule has 0 spiro atoms. The Balaban J connectivity index is 2.25. The maximum absolute atomic E-state index is 13.9. The van der Waals surface area contributed by atoms with E-state index in [1.807, 2.05) is 18.9 Å². The molecule has 0 heterocycles. The lowest BCUT2D eigenvalue weighted by Crippen LogP contribution is -2.14. The van der Waals surface area contributed by atoms with E-state index in [9.17, 15) is 22.4 Å². The summed E-state index contributed by atoms with van der Waals surface area (Å²) in [5.41, 5.74) is 0.295. The predicted molar refractivity (Wildman–Crippen MR) is 103 cm³/mol. The molecule has 0 bridgehead atoms. The van der Waals surface area contributed by atoms with Gasteiger partial charge in [0.05, 0.1) is 23.2 Å². The number of carbonyl (C=O) groups excluding carboxylic acids is 1. The Morgan fingerprint density at radius 1 is 1.03 bits per heavy atom. The number of rotatable bonds is 6. The Hall–Kier alpha value is -2.90.